The standard InChI is InChI=1S/C60H49N7/c1-40(2)39-62-65-58-54(42-33-37-48(38-34-42)67(45-23-11-5-12-24-45)46-25-13-6-14-26-46)60-59(63-56-51-29-17-15-27-49(51)50-28-16-18-30-52(50)57(56)64-60)53(55(58)61)41-31-35-47(36-32-41)66(43-19-7-3-8-20-43)44-21-9-4-10-22-44/h3-38,40,62,65H,39,61H2,1-2H3. The van der Waals surface area contributed by atoms with E-state index >= 15 is 0 Å². The van der Waals surface area contributed by atoms with Gasteiger partial charge in [0.2, 0.25) is 0 Å². The lowest BCUT2D eigenvalue weighted by molar-refractivity contribution is 0.591. The van der Waals surface area contributed by atoms with Crippen molar-refractivity contribution in [2.45, 2.75) is 13.8 Å². The number of nitrogens with zero attached hydrogens (tertiary/aromatic N) is 4. The predicted molar refractivity (Wildman–Crippen MR) is 283 cm³/mol. The van der Waals surface area contributed by atoms with Gasteiger partial charge >= 0.3 is 0 Å². The normalized spacial score (nSPS) is 11.4. The van der Waals surface area contributed by atoms with E-state index in [9.17, 15) is 0 Å². The minimum Gasteiger partial charge on any atom is -0.396 e. The van der Waals surface area contributed by atoms with Crippen LogP contribution in [0.1, 0.15) is 13.8 Å². The van der Waals surface area contributed by atoms with E-state index in [0.717, 1.165) is 112 Å². The predicted octanol–water partition coefficient (Wildman–Crippen LogP) is 15.5. The van der Waals surface area contributed by atoms with E-state index in [0.29, 0.717) is 11.6 Å². The second-order valence-corrected chi connectivity index (χ2v) is 17.3. The first-order valence-electron chi connectivity index (χ1n) is 22.9. The van der Waals surface area contributed by atoms with Gasteiger partial charge in [0.1, 0.15) is 11.0 Å². The molecule has 1 heterocycles. The van der Waals surface area contributed by atoms with Gasteiger partial charge < -0.3 is 21.0 Å². The molecule has 0 amide bonds. The van der Waals surface area contributed by atoms with Gasteiger partial charge in [-0.15, -0.1) is 0 Å². The van der Waals surface area contributed by atoms with Gasteiger partial charge in [0.15, 0.2) is 0 Å². The molecule has 7 heteroatoms. The number of para-hydroxylation sites is 4. The van der Waals surface area contributed by atoms with Crippen LogP contribution in [0.3, 0.4) is 0 Å². The van der Waals surface area contributed by atoms with Crippen molar-refractivity contribution in [1.82, 2.24) is 15.4 Å². The third-order valence-corrected chi connectivity index (χ3v) is 12.4. The van der Waals surface area contributed by atoms with Crippen molar-refractivity contribution in [3.63, 3.8) is 0 Å². The Morgan fingerprint density at radius 1 is 0.388 bits per heavy atom. The summed E-state index contributed by atoms with van der Waals surface area (Å²) in [5, 5.41) is 4.36. The Kier molecular flexibility index (Phi) is 10.9. The molecule has 0 aliphatic heterocycles. The lowest BCUT2D eigenvalue weighted by Crippen LogP contribution is -2.27. The minimum absolute atomic E-state index is 0.381. The number of rotatable bonds is 12. The van der Waals surface area contributed by atoms with E-state index in [4.69, 9.17) is 15.7 Å². The smallest absolute Gasteiger partial charge is 0.100 e. The Hall–Kier alpha value is -8.52. The fourth-order valence-corrected chi connectivity index (χ4v) is 9.32. The van der Waals surface area contributed by atoms with Crippen LogP contribution in [-0.4, -0.2) is 16.5 Å². The van der Waals surface area contributed by atoms with Crippen LogP contribution in [0.2, 0.25) is 0 Å². The SMILES string of the molecule is CC(C)CNNc1c(N)c(-c2ccc(N(c3ccccc3)c3ccccc3)cc2)c2nc3c4ccccc4c4ccccc4c3nc2c1-c1ccc(N(c2ccccc2)c2ccccc2)cc1. The van der Waals surface area contributed by atoms with Crippen LogP contribution in [0, 0.1) is 5.92 Å². The van der Waals surface area contributed by atoms with Gasteiger partial charge in [-0.25, -0.2) is 15.4 Å². The van der Waals surface area contributed by atoms with Gasteiger partial charge in [0.05, 0.1) is 22.4 Å². The summed E-state index contributed by atoms with van der Waals surface area (Å²) in [6.45, 7) is 5.10. The molecule has 67 heavy (non-hydrogen) atoms. The average Bonchev–Trinajstić information content (AvgIpc) is 3.38. The van der Waals surface area contributed by atoms with Crippen LogP contribution in [0.4, 0.5) is 45.5 Å². The quantitative estimate of drug-likeness (QED) is 0.0488. The molecular formula is C60H49N7. The molecule has 0 aliphatic rings. The zero-order chi connectivity index (χ0) is 45.3. The average molecular weight is 868 g/mol. The lowest BCUT2D eigenvalue weighted by Gasteiger charge is -2.26. The summed E-state index contributed by atoms with van der Waals surface area (Å²) in [6.07, 6.45) is 0. The molecule has 324 valence electrons. The van der Waals surface area contributed by atoms with Gasteiger partial charge in [0.25, 0.3) is 0 Å². The number of anilines is 8. The van der Waals surface area contributed by atoms with E-state index in [2.05, 4.69) is 229 Å². The first-order valence-corrected chi connectivity index (χ1v) is 22.9. The molecule has 0 saturated carbocycles. The van der Waals surface area contributed by atoms with Gasteiger partial charge in [-0.2, -0.15) is 0 Å². The number of nitrogen functional groups attached to an aromatic ring is 1. The molecule has 0 fully saturated rings. The van der Waals surface area contributed by atoms with Gasteiger partial charge in [-0.3, -0.25) is 0 Å². The molecule has 0 unspecified atom stereocenters. The topological polar surface area (TPSA) is 82.3 Å². The van der Waals surface area contributed by atoms with Crippen LogP contribution < -0.4 is 26.4 Å². The zero-order valence-electron chi connectivity index (χ0n) is 37.4. The summed E-state index contributed by atoms with van der Waals surface area (Å²) < 4.78 is 0. The summed E-state index contributed by atoms with van der Waals surface area (Å²) in [6, 6.07) is 76.2. The molecule has 10 aromatic carbocycles. The summed E-state index contributed by atoms with van der Waals surface area (Å²) in [4.78, 5) is 16.0. The van der Waals surface area contributed by atoms with E-state index in [1.54, 1.807) is 0 Å². The second-order valence-electron chi connectivity index (χ2n) is 17.3. The molecule has 0 bridgehead atoms. The number of aromatic nitrogens is 2. The molecule has 0 radical (unpaired) electrons. The summed E-state index contributed by atoms with van der Waals surface area (Å²) >= 11 is 0. The maximum absolute atomic E-state index is 7.60. The monoisotopic (exact) mass is 867 g/mol. The number of hydrogen-bond acceptors (Lipinski definition) is 7. The highest BCUT2D eigenvalue weighted by molar-refractivity contribution is 6.25. The van der Waals surface area contributed by atoms with Gasteiger partial charge in [-0.1, -0.05) is 159 Å². The molecule has 4 N–H and O–H groups in total. The highest BCUT2D eigenvalue weighted by Crippen LogP contribution is 2.48. The molecule has 11 rings (SSSR count). The second kappa shape index (κ2) is 17.8. The van der Waals surface area contributed by atoms with Crippen LogP contribution >= 0.6 is 0 Å². The number of nitrogens with two attached hydrogens (primary N) is 1. The number of fused-ring (bicyclic) bond motifs is 7. The molecule has 0 saturated heterocycles. The van der Waals surface area contributed by atoms with E-state index in [-0.39, 0.29) is 0 Å². The van der Waals surface area contributed by atoms with Crippen LogP contribution in [0.5, 0.6) is 0 Å². The van der Waals surface area contributed by atoms with Crippen molar-refractivity contribution in [3.05, 3.63) is 218 Å². The summed E-state index contributed by atoms with van der Waals surface area (Å²) in [5.74, 6) is 0.381. The maximum Gasteiger partial charge on any atom is 0.100 e. The Labute approximate surface area is 390 Å². The Morgan fingerprint density at radius 2 is 0.716 bits per heavy atom. The summed E-state index contributed by atoms with van der Waals surface area (Å²) in [7, 11) is 0. The van der Waals surface area contributed by atoms with Gasteiger partial charge in [0, 0.05) is 62.6 Å². The van der Waals surface area contributed by atoms with Crippen molar-refractivity contribution in [2.24, 2.45) is 5.92 Å². The van der Waals surface area contributed by atoms with E-state index in [1.807, 2.05) is 24.3 Å². The molecule has 1 aromatic heterocycles. The largest absolute Gasteiger partial charge is 0.396 e. The highest BCUT2D eigenvalue weighted by Gasteiger charge is 2.25. The first-order chi connectivity index (χ1) is 33.0. The molecule has 0 atom stereocenters. The summed E-state index contributed by atoms with van der Waals surface area (Å²) in [5.41, 5.74) is 29.1. The van der Waals surface area contributed by atoms with Crippen LogP contribution in [-0.2, 0) is 0 Å². The van der Waals surface area contributed by atoms with Gasteiger partial charge in [-0.05, 0) is 101 Å². The molecule has 0 aliphatic carbocycles. The van der Waals surface area contributed by atoms with Crippen molar-refractivity contribution in [2.75, 3.05) is 27.5 Å². The molecule has 7 nitrogen and oxygen atoms in total. The molecule has 0 spiro atoms. The zero-order valence-corrected chi connectivity index (χ0v) is 37.4. The highest BCUT2D eigenvalue weighted by atomic mass is 15.4. The van der Waals surface area contributed by atoms with E-state index < -0.39 is 0 Å². The van der Waals surface area contributed by atoms with Crippen LogP contribution in [0.25, 0.3) is 65.9 Å². The number of benzene rings is 10. The Balaban J connectivity index is 1.17. The van der Waals surface area contributed by atoms with Crippen molar-refractivity contribution >= 4 is 89.1 Å². The van der Waals surface area contributed by atoms with Crippen molar-refractivity contribution < 1.29 is 0 Å². The minimum atomic E-state index is 0.381. The fourth-order valence-electron chi connectivity index (χ4n) is 9.32. The molecular weight excluding hydrogens is 819 g/mol. The first kappa shape index (κ1) is 41.2. The Morgan fingerprint density at radius 3 is 1.10 bits per heavy atom. The third kappa shape index (κ3) is 7.71. The van der Waals surface area contributed by atoms with Crippen molar-refractivity contribution in [1.29, 1.82) is 0 Å². The third-order valence-electron chi connectivity index (χ3n) is 12.4. The molecule has 11 aromatic rings. The lowest BCUT2D eigenvalue weighted by atomic mass is 9.92. The number of hydrazine groups is 1. The Bertz CT molecular complexity index is 3430. The maximum atomic E-state index is 7.60. The number of nitrogens with one attached hydrogen (secondary N) is 2. The van der Waals surface area contributed by atoms with E-state index in [1.165, 1.54) is 0 Å². The van der Waals surface area contributed by atoms with Crippen LogP contribution in [0.15, 0.2) is 218 Å². The van der Waals surface area contributed by atoms with Crippen molar-refractivity contribution in [3.8, 4) is 22.3 Å². The number of hydrogen-bond donors (Lipinski definition) is 3. The fraction of sp³-hybridized carbons (Fsp3) is 0.0667.